The van der Waals surface area contributed by atoms with Crippen molar-refractivity contribution in [3.63, 3.8) is 0 Å². The molecule has 0 fully saturated rings. The molecule has 0 spiro atoms. The largest absolute Gasteiger partial charge is 0.395 e. The van der Waals surface area contributed by atoms with E-state index in [2.05, 4.69) is 4.98 Å². The Balaban J connectivity index is 2.27. The molecule has 0 atom stereocenters. The highest BCUT2D eigenvalue weighted by Crippen LogP contribution is 2.31. The van der Waals surface area contributed by atoms with Crippen molar-refractivity contribution in [3.8, 4) is 0 Å². The van der Waals surface area contributed by atoms with Crippen LogP contribution in [0, 0.1) is 0 Å². The molecule has 18 heavy (non-hydrogen) atoms. The summed E-state index contributed by atoms with van der Waals surface area (Å²) in [5, 5.41) is 0. The minimum Gasteiger partial charge on any atom is -0.395 e. The molecule has 2 rings (SSSR count). The molecule has 0 bridgehead atoms. The second-order valence-electron chi connectivity index (χ2n) is 4.25. The number of nitrogens with zero attached hydrogens (tertiary/aromatic N) is 2. The molecular formula is C11H15N3O2S2. The molecule has 0 saturated carbocycles. The maximum absolute atomic E-state index is 11.2. The van der Waals surface area contributed by atoms with Gasteiger partial charge in [0.25, 0.3) is 0 Å². The van der Waals surface area contributed by atoms with E-state index in [1.807, 2.05) is 24.1 Å². The summed E-state index contributed by atoms with van der Waals surface area (Å²) in [6.07, 6.45) is 1.23. The number of rotatable bonds is 4. The molecule has 0 aliphatic carbocycles. The van der Waals surface area contributed by atoms with E-state index in [9.17, 15) is 8.42 Å². The first-order valence-corrected chi connectivity index (χ1v) is 8.33. The van der Waals surface area contributed by atoms with E-state index >= 15 is 0 Å². The van der Waals surface area contributed by atoms with Crippen LogP contribution in [0.5, 0.6) is 0 Å². The number of fused-ring (bicyclic) bond motifs is 1. The van der Waals surface area contributed by atoms with Crippen LogP contribution in [0.1, 0.15) is 0 Å². The minimum atomic E-state index is -2.97. The molecule has 0 aliphatic rings. The Kier molecular flexibility index (Phi) is 3.45. The number of hydrogen-bond acceptors (Lipinski definition) is 6. The van der Waals surface area contributed by atoms with E-state index < -0.39 is 9.84 Å². The smallest absolute Gasteiger partial charge is 0.149 e. The van der Waals surface area contributed by atoms with Crippen LogP contribution < -0.4 is 10.6 Å². The zero-order chi connectivity index (χ0) is 13.3. The molecule has 0 aliphatic heterocycles. The maximum Gasteiger partial charge on any atom is 0.149 e. The summed E-state index contributed by atoms with van der Waals surface area (Å²) in [6, 6.07) is 3.85. The number of benzene rings is 1. The van der Waals surface area contributed by atoms with Crippen molar-refractivity contribution < 1.29 is 8.42 Å². The molecule has 1 aromatic heterocycles. The highest BCUT2D eigenvalue weighted by Gasteiger charge is 2.12. The van der Waals surface area contributed by atoms with Crippen LogP contribution in [-0.2, 0) is 9.84 Å². The van der Waals surface area contributed by atoms with Gasteiger partial charge in [0.2, 0.25) is 0 Å². The Hall–Kier alpha value is -1.34. The zero-order valence-corrected chi connectivity index (χ0v) is 11.9. The predicted octanol–water partition coefficient (Wildman–Crippen LogP) is 1.36. The first-order valence-electron chi connectivity index (χ1n) is 5.39. The van der Waals surface area contributed by atoms with E-state index in [-0.39, 0.29) is 5.75 Å². The third-order valence-corrected chi connectivity index (χ3v) is 4.45. The lowest BCUT2D eigenvalue weighted by molar-refractivity contribution is 0.601. The summed E-state index contributed by atoms with van der Waals surface area (Å²) in [5.41, 5.74) is 10.0. The number of anilines is 2. The van der Waals surface area contributed by atoms with Gasteiger partial charge in [0, 0.05) is 19.8 Å². The first kappa shape index (κ1) is 13.1. The molecule has 2 aromatic rings. The normalized spacial score (nSPS) is 11.9. The SMILES string of the molecule is CN(CCS(C)(=O)=O)c1ccc2scnc2c1N. The molecule has 5 nitrogen and oxygen atoms in total. The molecule has 1 heterocycles. The standard InChI is InChI=1S/C11H15N3O2S2/c1-14(5-6-18(2,15)16)8-3-4-9-11(10(8)12)13-7-17-9/h3-4,7H,5-6,12H2,1-2H3. The lowest BCUT2D eigenvalue weighted by Gasteiger charge is -2.20. The summed E-state index contributed by atoms with van der Waals surface area (Å²) >= 11 is 1.53. The van der Waals surface area contributed by atoms with Crippen LogP contribution >= 0.6 is 11.3 Å². The summed E-state index contributed by atoms with van der Waals surface area (Å²) in [6.45, 7) is 0.415. The summed E-state index contributed by atoms with van der Waals surface area (Å²) in [4.78, 5) is 6.06. The van der Waals surface area contributed by atoms with Crippen molar-refractivity contribution in [1.29, 1.82) is 0 Å². The van der Waals surface area contributed by atoms with E-state index in [0.29, 0.717) is 12.2 Å². The molecule has 2 N–H and O–H groups in total. The van der Waals surface area contributed by atoms with Crippen LogP contribution in [-0.4, -0.2) is 39.0 Å². The third-order valence-electron chi connectivity index (χ3n) is 2.73. The molecule has 0 unspecified atom stereocenters. The van der Waals surface area contributed by atoms with Gasteiger partial charge in [-0.15, -0.1) is 11.3 Å². The predicted molar refractivity (Wildman–Crippen MR) is 77.0 cm³/mol. The topological polar surface area (TPSA) is 76.3 Å². The molecule has 98 valence electrons. The van der Waals surface area contributed by atoms with Crippen molar-refractivity contribution in [1.82, 2.24) is 4.98 Å². The van der Waals surface area contributed by atoms with Crippen LogP contribution in [0.25, 0.3) is 10.2 Å². The molecule has 0 saturated heterocycles. The van der Waals surface area contributed by atoms with Crippen molar-refractivity contribution in [2.75, 3.05) is 36.2 Å². The fourth-order valence-electron chi connectivity index (χ4n) is 1.70. The maximum atomic E-state index is 11.2. The van der Waals surface area contributed by atoms with Gasteiger partial charge < -0.3 is 10.6 Å². The Morgan fingerprint density at radius 2 is 2.17 bits per heavy atom. The number of hydrogen-bond donors (Lipinski definition) is 1. The van der Waals surface area contributed by atoms with Gasteiger partial charge in [-0.1, -0.05) is 0 Å². The molecular weight excluding hydrogens is 270 g/mol. The number of nitrogens with two attached hydrogens (primary N) is 1. The number of nitrogen functional groups attached to an aromatic ring is 1. The molecule has 0 radical (unpaired) electrons. The van der Waals surface area contributed by atoms with Crippen molar-refractivity contribution in [3.05, 3.63) is 17.6 Å². The summed E-state index contributed by atoms with van der Waals surface area (Å²) < 4.78 is 23.3. The van der Waals surface area contributed by atoms with E-state index in [1.165, 1.54) is 17.6 Å². The number of sulfone groups is 1. The van der Waals surface area contributed by atoms with E-state index in [0.717, 1.165) is 15.9 Å². The summed E-state index contributed by atoms with van der Waals surface area (Å²) in [5.74, 6) is 0.109. The average molecular weight is 285 g/mol. The van der Waals surface area contributed by atoms with Gasteiger partial charge >= 0.3 is 0 Å². The highest BCUT2D eigenvalue weighted by molar-refractivity contribution is 7.90. The van der Waals surface area contributed by atoms with E-state index in [1.54, 1.807) is 5.51 Å². The van der Waals surface area contributed by atoms with Gasteiger partial charge in [0.05, 0.1) is 27.3 Å². The number of thiazole rings is 1. The van der Waals surface area contributed by atoms with Crippen molar-refractivity contribution in [2.24, 2.45) is 0 Å². The van der Waals surface area contributed by atoms with Crippen LogP contribution in [0.2, 0.25) is 0 Å². The Morgan fingerprint density at radius 1 is 1.44 bits per heavy atom. The van der Waals surface area contributed by atoms with Gasteiger partial charge in [-0.3, -0.25) is 0 Å². The second kappa shape index (κ2) is 4.74. The first-order chi connectivity index (χ1) is 8.38. The monoisotopic (exact) mass is 285 g/mol. The van der Waals surface area contributed by atoms with Gasteiger partial charge in [0.1, 0.15) is 15.4 Å². The van der Waals surface area contributed by atoms with Crippen LogP contribution in [0.3, 0.4) is 0 Å². The van der Waals surface area contributed by atoms with Crippen molar-refractivity contribution in [2.45, 2.75) is 0 Å². The Morgan fingerprint density at radius 3 is 2.83 bits per heavy atom. The van der Waals surface area contributed by atoms with Crippen LogP contribution in [0.4, 0.5) is 11.4 Å². The molecule has 1 aromatic carbocycles. The van der Waals surface area contributed by atoms with Crippen molar-refractivity contribution >= 4 is 42.8 Å². The van der Waals surface area contributed by atoms with Gasteiger partial charge in [-0.05, 0) is 12.1 Å². The average Bonchev–Trinajstić information content (AvgIpc) is 2.74. The second-order valence-corrected chi connectivity index (χ2v) is 7.39. The molecule has 7 heteroatoms. The van der Waals surface area contributed by atoms with Gasteiger partial charge in [-0.25, -0.2) is 13.4 Å². The van der Waals surface area contributed by atoms with Crippen LogP contribution in [0.15, 0.2) is 17.6 Å². The summed E-state index contributed by atoms with van der Waals surface area (Å²) in [7, 11) is -1.14. The molecule has 0 amide bonds. The Labute approximate surface area is 110 Å². The minimum absolute atomic E-state index is 0.109. The number of aromatic nitrogens is 1. The van der Waals surface area contributed by atoms with Gasteiger partial charge in [-0.2, -0.15) is 0 Å². The fraction of sp³-hybridized carbons (Fsp3) is 0.364. The van der Waals surface area contributed by atoms with Gasteiger partial charge in [0.15, 0.2) is 0 Å². The lowest BCUT2D eigenvalue weighted by Crippen LogP contribution is -2.25. The lowest BCUT2D eigenvalue weighted by atomic mass is 10.2. The van der Waals surface area contributed by atoms with E-state index in [4.69, 9.17) is 5.73 Å². The quantitative estimate of drug-likeness (QED) is 0.858. The third kappa shape index (κ3) is 2.73. The Bertz CT molecular complexity index is 664. The fourth-order valence-corrected chi connectivity index (χ4v) is 3.00. The zero-order valence-electron chi connectivity index (χ0n) is 10.3. The highest BCUT2D eigenvalue weighted by atomic mass is 32.2.